The van der Waals surface area contributed by atoms with Crippen LogP contribution in [0.2, 0.25) is 0 Å². The summed E-state index contributed by atoms with van der Waals surface area (Å²) in [4.78, 5) is 4.07. The van der Waals surface area contributed by atoms with Crippen LogP contribution in [0.25, 0.3) is 0 Å². The molecule has 18 heavy (non-hydrogen) atoms. The highest BCUT2D eigenvalue weighted by atomic mass is 79.9. The fourth-order valence-electron chi connectivity index (χ4n) is 1.63. The van der Waals surface area contributed by atoms with Crippen molar-refractivity contribution in [2.24, 2.45) is 5.73 Å². The second kappa shape index (κ2) is 6.52. The molecule has 0 saturated heterocycles. The van der Waals surface area contributed by atoms with E-state index in [1.807, 2.05) is 36.5 Å². The minimum absolute atomic E-state index is 0.500. The number of rotatable bonds is 5. The summed E-state index contributed by atoms with van der Waals surface area (Å²) in [5, 5.41) is 0. The SMILES string of the molecule is NCc1cc(OCCc2cccnc2)ccc1Br. The van der Waals surface area contributed by atoms with Gasteiger partial charge in [0.25, 0.3) is 0 Å². The number of ether oxygens (including phenoxy) is 1. The predicted octanol–water partition coefficient (Wildman–Crippen LogP) is 2.92. The van der Waals surface area contributed by atoms with Crippen molar-refractivity contribution < 1.29 is 4.74 Å². The van der Waals surface area contributed by atoms with Crippen LogP contribution in [0.1, 0.15) is 11.1 Å². The van der Waals surface area contributed by atoms with Crippen molar-refractivity contribution in [3.63, 3.8) is 0 Å². The van der Waals surface area contributed by atoms with Crippen molar-refractivity contribution in [3.8, 4) is 5.75 Å². The molecule has 0 atom stereocenters. The number of pyridine rings is 1. The van der Waals surface area contributed by atoms with E-state index >= 15 is 0 Å². The third kappa shape index (κ3) is 3.55. The fraction of sp³-hybridized carbons (Fsp3) is 0.214. The minimum Gasteiger partial charge on any atom is -0.493 e. The van der Waals surface area contributed by atoms with E-state index < -0.39 is 0 Å². The average Bonchev–Trinajstić information content (AvgIpc) is 2.42. The van der Waals surface area contributed by atoms with Gasteiger partial charge in [-0.15, -0.1) is 0 Å². The zero-order valence-electron chi connectivity index (χ0n) is 9.97. The first-order valence-electron chi connectivity index (χ1n) is 5.80. The molecule has 0 amide bonds. The van der Waals surface area contributed by atoms with E-state index in [1.165, 1.54) is 5.56 Å². The Morgan fingerprint density at radius 3 is 2.89 bits per heavy atom. The van der Waals surface area contributed by atoms with E-state index in [0.717, 1.165) is 22.2 Å². The van der Waals surface area contributed by atoms with Crippen LogP contribution in [0.15, 0.2) is 47.2 Å². The van der Waals surface area contributed by atoms with E-state index in [9.17, 15) is 0 Å². The van der Waals surface area contributed by atoms with Crippen LogP contribution in [0.5, 0.6) is 5.75 Å². The van der Waals surface area contributed by atoms with Crippen molar-refractivity contribution in [2.45, 2.75) is 13.0 Å². The number of benzene rings is 1. The molecular weight excluding hydrogens is 292 g/mol. The predicted molar refractivity (Wildman–Crippen MR) is 75.5 cm³/mol. The van der Waals surface area contributed by atoms with Gasteiger partial charge in [0.05, 0.1) is 6.61 Å². The molecule has 3 nitrogen and oxygen atoms in total. The van der Waals surface area contributed by atoms with Gasteiger partial charge in [0.1, 0.15) is 5.75 Å². The van der Waals surface area contributed by atoms with Crippen molar-refractivity contribution in [1.82, 2.24) is 4.98 Å². The number of aromatic nitrogens is 1. The Labute approximate surface area is 115 Å². The Morgan fingerprint density at radius 1 is 1.28 bits per heavy atom. The number of halogens is 1. The molecule has 0 spiro atoms. The summed E-state index contributed by atoms with van der Waals surface area (Å²) in [6.07, 6.45) is 4.48. The number of nitrogens with zero attached hydrogens (tertiary/aromatic N) is 1. The van der Waals surface area contributed by atoms with Gasteiger partial charge < -0.3 is 10.5 Å². The average molecular weight is 307 g/mol. The maximum atomic E-state index is 5.70. The molecule has 0 aliphatic heterocycles. The largest absolute Gasteiger partial charge is 0.493 e. The van der Waals surface area contributed by atoms with Crippen LogP contribution >= 0.6 is 15.9 Å². The molecule has 0 aliphatic carbocycles. The molecule has 1 heterocycles. The molecule has 0 unspecified atom stereocenters. The van der Waals surface area contributed by atoms with Gasteiger partial charge in [-0.2, -0.15) is 0 Å². The van der Waals surface area contributed by atoms with E-state index in [-0.39, 0.29) is 0 Å². The molecule has 2 aromatic rings. The number of nitrogens with two attached hydrogens (primary N) is 1. The Balaban J connectivity index is 1.91. The topological polar surface area (TPSA) is 48.1 Å². The summed E-state index contributed by atoms with van der Waals surface area (Å²) in [6, 6.07) is 9.84. The molecule has 0 fully saturated rings. The lowest BCUT2D eigenvalue weighted by molar-refractivity contribution is 0.321. The molecule has 0 bridgehead atoms. The zero-order chi connectivity index (χ0) is 12.8. The lowest BCUT2D eigenvalue weighted by Crippen LogP contribution is -2.03. The molecule has 4 heteroatoms. The molecule has 0 saturated carbocycles. The number of hydrogen-bond donors (Lipinski definition) is 1. The van der Waals surface area contributed by atoms with Gasteiger partial charge in [-0.1, -0.05) is 22.0 Å². The maximum absolute atomic E-state index is 5.70. The van der Waals surface area contributed by atoms with E-state index in [4.69, 9.17) is 10.5 Å². The van der Waals surface area contributed by atoms with Crippen molar-refractivity contribution >= 4 is 15.9 Å². The summed E-state index contributed by atoms with van der Waals surface area (Å²) in [7, 11) is 0. The monoisotopic (exact) mass is 306 g/mol. The second-order valence-electron chi connectivity index (χ2n) is 3.92. The molecule has 94 valence electrons. The Hall–Kier alpha value is -1.39. The highest BCUT2D eigenvalue weighted by molar-refractivity contribution is 9.10. The van der Waals surface area contributed by atoms with Crippen molar-refractivity contribution in [1.29, 1.82) is 0 Å². The van der Waals surface area contributed by atoms with Crippen LogP contribution in [-0.4, -0.2) is 11.6 Å². The van der Waals surface area contributed by atoms with Crippen molar-refractivity contribution in [2.75, 3.05) is 6.61 Å². The van der Waals surface area contributed by atoms with Gasteiger partial charge in [0.15, 0.2) is 0 Å². The van der Waals surface area contributed by atoms with Crippen LogP contribution in [0, 0.1) is 0 Å². The molecule has 0 radical (unpaired) electrons. The van der Waals surface area contributed by atoms with Gasteiger partial charge in [-0.25, -0.2) is 0 Å². The smallest absolute Gasteiger partial charge is 0.119 e. The van der Waals surface area contributed by atoms with Gasteiger partial charge >= 0.3 is 0 Å². The first-order chi connectivity index (χ1) is 8.79. The summed E-state index contributed by atoms with van der Waals surface area (Å²) in [6.45, 7) is 1.14. The molecule has 2 N–H and O–H groups in total. The quantitative estimate of drug-likeness (QED) is 0.924. The van der Waals surface area contributed by atoms with Gasteiger partial charge in [-0.05, 0) is 35.4 Å². The summed E-state index contributed by atoms with van der Waals surface area (Å²) < 4.78 is 6.72. The highest BCUT2D eigenvalue weighted by Crippen LogP contribution is 2.22. The standard InChI is InChI=1S/C14H15BrN2O/c15-14-4-3-13(8-12(14)9-16)18-7-5-11-2-1-6-17-10-11/h1-4,6,8,10H,5,7,9,16H2. The summed E-state index contributed by atoms with van der Waals surface area (Å²) in [5.41, 5.74) is 7.87. The van der Waals surface area contributed by atoms with E-state index in [2.05, 4.69) is 20.9 Å². The Kier molecular flexibility index (Phi) is 4.73. The molecule has 1 aromatic heterocycles. The third-order valence-electron chi connectivity index (χ3n) is 2.62. The first kappa shape index (κ1) is 13.1. The highest BCUT2D eigenvalue weighted by Gasteiger charge is 2.01. The Morgan fingerprint density at radius 2 is 2.17 bits per heavy atom. The van der Waals surface area contributed by atoms with Crippen LogP contribution in [0.4, 0.5) is 0 Å². The maximum Gasteiger partial charge on any atom is 0.119 e. The van der Waals surface area contributed by atoms with Crippen LogP contribution < -0.4 is 10.5 Å². The van der Waals surface area contributed by atoms with E-state index in [0.29, 0.717) is 13.2 Å². The molecular formula is C14H15BrN2O. The van der Waals surface area contributed by atoms with E-state index in [1.54, 1.807) is 6.20 Å². The lowest BCUT2D eigenvalue weighted by atomic mass is 10.2. The normalized spacial score (nSPS) is 10.3. The van der Waals surface area contributed by atoms with Crippen LogP contribution in [-0.2, 0) is 13.0 Å². The van der Waals surface area contributed by atoms with Gasteiger partial charge in [-0.3, -0.25) is 4.98 Å². The molecule has 1 aromatic carbocycles. The fourth-order valence-corrected chi connectivity index (χ4v) is 2.04. The zero-order valence-corrected chi connectivity index (χ0v) is 11.6. The summed E-state index contributed by atoms with van der Waals surface area (Å²) >= 11 is 3.45. The minimum atomic E-state index is 0.500. The van der Waals surface area contributed by atoms with Gasteiger partial charge in [0, 0.05) is 29.8 Å². The summed E-state index contributed by atoms with van der Waals surface area (Å²) in [5.74, 6) is 0.850. The van der Waals surface area contributed by atoms with Gasteiger partial charge in [0.2, 0.25) is 0 Å². The molecule has 2 rings (SSSR count). The lowest BCUT2D eigenvalue weighted by Gasteiger charge is -2.08. The van der Waals surface area contributed by atoms with Crippen LogP contribution in [0.3, 0.4) is 0 Å². The third-order valence-corrected chi connectivity index (χ3v) is 3.39. The molecule has 0 aliphatic rings. The first-order valence-corrected chi connectivity index (χ1v) is 6.59. The van der Waals surface area contributed by atoms with Crippen molar-refractivity contribution in [3.05, 3.63) is 58.3 Å². The number of hydrogen-bond acceptors (Lipinski definition) is 3. The second-order valence-corrected chi connectivity index (χ2v) is 4.77. The Bertz CT molecular complexity index is 502.